The van der Waals surface area contributed by atoms with Gasteiger partial charge < -0.3 is 4.74 Å². The van der Waals surface area contributed by atoms with Crippen molar-refractivity contribution in [3.63, 3.8) is 0 Å². The van der Waals surface area contributed by atoms with Crippen LogP contribution in [-0.4, -0.2) is 23.7 Å². The first-order valence-electron chi connectivity index (χ1n) is 5.61. The van der Waals surface area contributed by atoms with Gasteiger partial charge in [-0.05, 0) is 52.3 Å². The summed E-state index contributed by atoms with van der Waals surface area (Å²) in [6.45, 7) is 9.40. The summed E-state index contributed by atoms with van der Waals surface area (Å²) in [5, 5.41) is 0. The third kappa shape index (κ3) is 4.06. The fraction of sp³-hybridized carbons (Fsp3) is 0.538. The molecule has 1 rings (SSSR count). The number of carbonyl (C=O) groups is 1. The molecule has 0 aliphatic carbocycles. The molecule has 1 aromatic heterocycles. The molecular weight excluding hydrogens is 216 g/mol. The molecule has 4 nitrogen and oxygen atoms in total. The Morgan fingerprint density at radius 1 is 1.29 bits per heavy atom. The van der Waals surface area contributed by atoms with E-state index >= 15 is 0 Å². The maximum absolute atomic E-state index is 11.8. The van der Waals surface area contributed by atoms with E-state index in [2.05, 4.69) is 4.98 Å². The van der Waals surface area contributed by atoms with Crippen LogP contribution in [0.2, 0.25) is 0 Å². The van der Waals surface area contributed by atoms with Gasteiger partial charge in [-0.25, -0.2) is 9.78 Å². The van der Waals surface area contributed by atoms with Crippen LogP contribution in [0, 0.1) is 13.8 Å². The molecule has 0 aliphatic heterocycles. The topological polar surface area (TPSA) is 42.4 Å². The predicted molar refractivity (Wildman–Crippen MR) is 68.3 cm³/mol. The molecule has 1 heterocycles. The molecule has 4 heteroatoms. The Balaban J connectivity index is 2.89. The fourth-order valence-electron chi connectivity index (χ4n) is 1.42. The normalized spacial score (nSPS) is 11.2. The van der Waals surface area contributed by atoms with Gasteiger partial charge in [0.2, 0.25) is 0 Å². The van der Waals surface area contributed by atoms with E-state index in [0.717, 1.165) is 11.3 Å². The number of rotatable bonds is 1. The predicted octanol–water partition coefficient (Wildman–Crippen LogP) is 3.07. The average Bonchev–Trinajstić information content (AvgIpc) is 2.12. The van der Waals surface area contributed by atoms with Crippen molar-refractivity contribution < 1.29 is 9.53 Å². The largest absolute Gasteiger partial charge is 0.443 e. The van der Waals surface area contributed by atoms with Crippen LogP contribution in [0.15, 0.2) is 12.1 Å². The average molecular weight is 236 g/mol. The van der Waals surface area contributed by atoms with E-state index in [-0.39, 0.29) is 0 Å². The molecule has 0 saturated carbocycles. The second-order valence-electron chi connectivity index (χ2n) is 5.18. The van der Waals surface area contributed by atoms with E-state index in [0.29, 0.717) is 5.82 Å². The minimum atomic E-state index is -0.496. The highest BCUT2D eigenvalue weighted by Gasteiger charge is 2.21. The van der Waals surface area contributed by atoms with E-state index in [1.54, 1.807) is 7.05 Å². The maximum atomic E-state index is 11.8. The molecule has 0 atom stereocenters. The highest BCUT2D eigenvalue weighted by molar-refractivity contribution is 5.86. The number of pyridine rings is 1. The molecule has 17 heavy (non-hydrogen) atoms. The third-order valence-electron chi connectivity index (χ3n) is 2.10. The minimum absolute atomic E-state index is 0.394. The molecule has 0 spiro atoms. The maximum Gasteiger partial charge on any atom is 0.415 e. The highest BCUT2D eigenvalue weighted by Crippen LogP contribution is 2.16. The first-order valence-corrected chi connectivity index (χ1v) is 5.61. The Morgan fingerprint density at radius 3 is 2.35 bits per heavy atom. The standard InChI is InChI=1S/C13H20N2O2/c1-9-7-10(2)14-11(8-9)15(6)12(16)17-13(3,4)5/h7-8H,1-6H3. The van der Waals surface area contributed by atoms with Gasteiger partial charge in [-0.3, -0.25) is 4.90 Å². The zero-order chi connectivity index (χ0) is 13.2. The summed E-state index contributed by atoms with van der Waals surface area (Å²) in [4.78, 5) is 17.6. The van der Waals surface area contributed by atoms with Gasteiger partial charge in [-0.1, -0.05) is 0 Å². The summed E-state index contributed by atoms with van der Waals surface area (Å²) in [7, 11) is 1.66. The summed E-state index contributed by atoms with van der Waals surface area (Å²) >= 11 is 0. The van der Waals surface area contributed by atoms with Gasteiger partial charge in [-0.2, -0.15) is 0 Å². The van der Waals surface area contributed by atoms with Crippen LogP contribution in [0.4, 0.5) is 10.6 Å². The van der Waals surface area contributed by atoms with Gasteiger partial charge in [0.15, 0.2) is 0 Å². The Morgan fingerprint density at radius 2 is 1.88 bits per heavy atom. The summed E-state index contributed by atoms with van der Waals surface area (Å²) in [5.74, 6) is 0.608. The Bertz CT molecular complexity index is 402. The summed E-state index contributed by atoms with van der Waals surface area (Å²) < 4.78 is 5.28. The zero-order valence-corrected chi connectivity index (χ0v) is 11.4. The first-order chi connectivity index (χ1) is 7.69. The van der Waals surface area contributed by atoms with Gasteiger partial charge in [0.1, 0.15) is 11.4 Å². The molecular formula is C13H20N2O2. The minimum Gasteiger partial charge on any atom is -0.443 e. The van der Waals surface area contributed by atoms with Crippen LogP contribution in [0.1, 0.15) is 32.0 Å². The van der Waals surface area contributed by atoms with E-state index in [4.69, 9.17) is 4.74 Å². The van der Waals surface area contributed by atoms with Crippen LogP contribution < -0.4 is 4.90 Å². The summed E-state index contributed by atoms with van der Waals surface area (Å²) in [6.07, 6.45) is -0.394. The molecule has 0 N–H and O–H groups in total. The number of nitrogens with zero attached hydrogens (tertiary/aromatic N) is 2. The van der Waals surface area contributed by atoms with Gasteiger partial charge in [0, 0.05) is 12.7 Å². The van der Waals surface area contributed by atoms with Gasteiger partial charge in [0.25, 0.3) is 0 Å². The number of hydrogen-bond donors (Lipinski definition) is 0. The number of amides is 1. The Kier molecular flexibility index (Phi) is 3.76. The molecule has 1 aromatic rings. The lowest BCUT2D eigenvalue weighted by Gasteiger charge is -2.24. The second-order valence-corrected chi connectivity index (χ2v) is 5.18. The lowest BCUT2D eigenvalue weighted by molar-refractivity contribution is 0.0588. The van der Waals surface area contributed by atoms with Crippen LogP contribution in [0.25, 0.3) is 0 Å². The lowest BCUT2D eigenvalue weighted by Crippen LogP contribution is -2.34. The number of aryl methyl sites for hydroxylation is 2. The van der Waals surface area contributed by atoms with E-state index in [1.807, 2.05) is 46.8 Å². The van der Waals surface area contributed by atoms with Crippen molar-refractivity contribution in [2.45, 2.75) is 40.2 Å². The molecule has 1 amide bonds. The number of ether oxygens (including phenoxy) is 1. The second kappa shape index (κ2) is 4.73. The molecule has 0 aromatic carbocycles. The number of hydrogen-bond acceptors (Lipinski definition) is 3. The van der Waals surface area contributed by atoms with Crippen LogP contribution >= 0.6 is 0 Å². The molecule has 0 radical (unpaired) electrons. The van der Waals surface area contributed by atoms with Crippen molar-refractivity contribution in [2.75, 3.05) is 11.9 Å². The van der Waals surface area contributed by atoms with E-state index in [9.17, 15) is 4.79 Å². The van der Waals surface area contributed by atoms with Crippen molar-refractivity contribution >= 4 is 11.9 Å². The van der Waals surface area contributed by atoms with Crippen LogP contribution in [0.5, 0.6) is 0 Å². The van der Waals surface area contributed by atoms with Crippen molar-refractivity contribution in [2.24, 2.45) is 0 Å². The van der Waals surface area contributed by atoms with Crippen molar-refractivity contribution in [1.29, 1.82) is 0 Å². The number of carbonyl (C=O) groups excluding carboxylic acids is 1. The van der Waals surface area contributed by atoms with Crippen molar-refractivity contribution in [1.82, 2.24) is 4.98 Å². The fourth-order valence-corrected chi connectivity index (χ4v) is 1.42. The zero-order valence-electron chi connectivity index (χ0n) is 11.4. The molecule has 0 aliphatic rings. The highest BCUT2D eigenvalue weighted by atomic mass is 16.6. The third-order valence-corrected chi connectivity index (χ3v) is 2.10. The summed E-state index contributed by atoms with van der Waals surface area (Å²) in [5.41, 5.74) is 1.46. The quantitative estimate of drug-likeness (QED) is 0.752. The van der Waals surface area contributed by atoms with Gasteiger partial charge >= 0.3 is 6.09 Å². The molecule has 94 valence electrons. The van der Waals surface area contributed by atoms with Crippen molar-refractivity contribution in [3.05, 3.63) is 23.4 Å². The smallest absolute Gasteiger partial charge is 0.415 e. The van der Waals surface area contributed by atoms with Gasteiger partial charge in [0.05, 0.1) is 0 Å². The number of aromatic nitrogens is 1. The van der Waals surface area contributed by atoms with Gasteiger partial charge in [-0.15, -0.1) is 0 Å². The monoisotopic (exact) mass is 236 g/mol. The Hall–Kier alpha value is -1.58. The molecule has 0 unspecified atom stereocenters. The Labute approximate surface area is 103 Å². The van der Waals surface area contributed by atoms with E-state index in [1.165, 1.54) is 4.90 Å². The molecule has 0 saturated heterocycles. The molecule has 0 bridgehead atoms. The van der Waals surface area contributed by atoms with Crippen molar-refractivity contribution in [3.8, 4) is 0 Å². The van der Waals surface area contributed by atoms with E-state index < -0.39 is 11.7 Å². The summed E-state index contributed by atoms with van der Waals surface area (Å²) in [6, 6.07) is 3.82. The first kappa shape index (κ1) is 13.5. The molecule has 0 fully saturated rings. The van der Waals surface area contributed by atoms with Crippen LogP contribution in [-0.2, 0) is 4.74 Å². The number of anilines is 1. The SMILES string of the molecule is Cc1cc(C)nc(N(C)C(=O)OC(C)(C)C)c1. The van der Waals surface area contributed by atoms with Crippen LogP contribution in [0.3, 0.4) is 0 Å². The lowest BCUT2D eigenvalue weighted by atomic mass is 10.2.